The number of hydrogen-bond acceptors (Lipinski definition) is 2. The first-order chi connectivity index (χ1) is 5.79. The number of halogens is 1. The second-order valence-electron chi connectivity index (χ2n) is 3.20. The van der Waals surface area contributed by atoms with Crippen LogP contribution in [-0.2, 0) is 7.05 Å². The van der Waals surface area contributed by atoms with Crippen LogP contribution in [0.1, 0.15) is 17.9 Å². The van der Waals surface area contributed by atoms with Crippen LogP contribution in [0.15, 0.2) is 10.8 Å². The van der Waals surface area contributed by atoms with Crippen molar-refractivity contribution in [2.75, 3.05) is 13.1 Å². The van der Waals surface area contributed by atoms with E-state index in [0.717, 1.165) is 17.7 Å². The second kappa shape index (κ2) is 3.18. The van der Waals surface area contributed by atoms with Crippen molar-refractivity contribution in [2.24, 2.45) is 7.05 Å². The van der Waals surface area contributed by atoms with Gasteiger partial charge < -0.3 is 5.32 Å². The Labute approximate surface area is 80.3 Å². The van der Waals surface area contributed by atoms with Crippen molar-refractivity contribution in [1.29, 1.82) is 0 Å². The van der Waals surface area contributed by atoms with E-state index in [2.05, 4.69) is 26.3 Å². The second-order valence-corrected chi connectivity index (χ2v) is 3.96. The maximum Gasteiger partial charge on any atom is 0.107 e. The molecule has 1 unspecified atom stereocenters. The van der Waals surface area contributed by atoms with Gasteiger partial charge in [0.1, 0.15) is 4.60 Å². The fraction of sp³-hybridized carbons (Fsp3) is 0.625. The third-order valence-electron chi connectivity index (χ3n) is 2.39. The van der Waals surface area contributed by atoms with E-state index in [1.807, 2.05) is 17.9 Å². The largest absolute Gasteiger partial charge is 0.316 e. The summed E-state index contributed by atoms with van der Waals surface area (Å²) in [5.74, 6) is 0.646. The van der Waals surface area contributed by atoms with Gasteiger partial charge in [0, 0.05) is 25.1 Å². The van der Waals surface area contributed by atoms with Crippen molar-refractivity contribution in [2.45, 2.75) is 12.3 Å². The SMILES string of the molecule is Cn1ncc(C2CCNC2)c1Br. The average Bonchev–Trinajstić information content (AvgIpc) is 2.64. The molecule has 0 radical (unpaired) electrons. The fourth-order valence-electron chi connectivity index (χ4n) is 1.63. The van der Waals surface area contributed by atoms with Gasteiger partial charge in [-0.05, 0) is 28.9 Å². The van der Waals surface area contributed by atoms with E-state index >= 15 is 0 Å². The third-order valence-corrected chi connectivity index (χ3v) is 3.36. The van der Waals surface area contributed by atoms with Crippen LogP contribution < -0.4 is 5.32 Å². The van der Waals surface area contributed by atoms with Crippen molar-refractivity contribution >= 4 is 15.9 Å². The predicted octanol–water partition coefficient (Wildman–Crippen LogP) is 1.26. The molecule has 3 nitrogen and oxygen atoms in total. The van der Waals surface area contributed by atoms with E-state index in [1.54, 1.807) is 0 Å². The van der Waals surface area contributed by atoms with Crippen LogP contribution in [0.25, 0.3) is 0 Å². The van der Waals surface area contributed by atoms with Gasteiger partial charge in [-0.15, -0.1) is 0 Å². The number of nitrogens with one attached hydrogen (secondary N) is 1. The molecule has 66 valence electrons. The molecule has 1 aliphatic rings. The zero-order valence-corrected chi connectivity index (χ0v) is 8.63. The van der Waals surface area contributed by atoms with Crippen molar-refractivity contribution in [3.8, 4) is 0 Å². The first-order valence-electron chi connectivity index (χ1n) is 4.17. The minimum Gasteiger partial charge on any atom is -0.316 e. The Morgan fingerprint density at radius 1 is 1.75 bits per heavy atom. The lowest BCUT2D eigenvalue weighted by atomic mass is 10.0. The van der Waals surface area contributed by atoms with Crippen molar-refractivity contribution < 1.29 is 0 Å². The van der Waals surface area contributed by atoms with Crippen LogP contribution in [0.4, 0.5) is 0 Å². The average molecular weight is 230 g/mol. The van der Waals surface area contributed by atoms with Crippen molar-refractivity contribution in [1.82, 2.24) is 15.1 Å². The third kappa shape index (κ3) is 1.29. The quantitative estimate of drug-likeness (QED) is 0.787. The topological polar surface area (TPSA) is 29.9 Å². The molecule has 0 aromatic carbocycles. The molecule has 2 heterocycles. The lowest BCUT2D eigenvalue weighted by molar-refractivity contribution is 0.731. The molecule has 0 saturated carbocycles. The number of aryl methyl sites for hydroxylation is 1. The molecule has 0 aliphatic carbocycles. The number of nitrogens with zero attached hydrogens (tertiary/aromatic N) is 2. The van der Waals surface area contributed by atoms with Crippen molar-refractivity contribution in [3.63, 3.8) is 0 Å². The van der Waals surface area contributed by atoms with Gasteiger partial charge in [-0.3, -0.25) is 4.68 Å². The highest BCUT2D eigenvalue weighted by Gasteiger charge is 2.20. The molecular formula is C8H12BrN3. The molecule has 1 aromatic rings. The van der Waals surface area contributed by atoms with Gasteiger partial charge in [0.25, 0.3) is 0 Å². The highest BCUT2D eigenvalue weighted by molar-refractivity contribution is 9.10. The molecule has 0 bridgehead atoms. The fourth-order valence-corrected chi connectivity index (χ4v) is 2.15. The molecule has 1 saturated heterocycles. The molecule has 1 aromatic heterocycles. The molecule has 2 rings (SSSR count). The van der Waals surface area contributed by atoms with Gasteiger partial charge in [-0.1, -0.05) is 0 Å². The molecule has 1 aliphatic heterocycles. The summed E-state index contributed by atoms with van der Waals surface area (Å²) in [6, 6.07) is 0. The summed E-state index contributed by atoms with van der Waals surface area (Å²) in [5.41, 5.74) is 1.34. The van der Waals surface area contributed by atoms with Crippen LogP contribution in [0.3, 0.4) is 0 Å². The van der Waals surface area contributed by atoms with E-state index in [9.17, 15) is 0 Å². The first-order valence-corrected chi connectivity index (χ1v) is 4.96. The highest BCUT2D eigenvalue weighted by Crippen LogP contribution is 2.28. The maximum atomic E-state index is 4.20. The highest BCUT2D eigenvalue weighted by atomic mass is 79.9. The van der Waals surface area contributed by atoms with Crippen LogP contribution in [0.2, 0.25) is 0 Å². The van der Waals surface area contributed by atoms with Crippen LogP contribution in [0, 0.1) is 0 Å². The Balaban J connectivity index is 2.26. The summed E-state index contributed by atoms with van der Waals surface area (Å²) in [6.45, 7) is 2.22. The predicted molar refractivity (Wildman–Crippen MR) is 51.1 cm³/mol. The zero-order chi connectivity index (χ0) is 8.55. The van der Waals surface area contributed by atoms with E-state index < -0.39 is 0 Å². The van der Waals surface area contributed by atoms with Gasteiger partial charge in [0.2, 0.25) is 0 Å². The van der Waals surface area contributed by atoms with Crippen molar-refractivity contribution in [3.05, 3.63) is 16.4 Å². The van der Waals surface area contributed by atoms with Gasteiger partial charge in [-0.2, -0.15) is 5.10 Å². The monoisotopic (exact) mass is 229 g/mol. The van der Waals surface area contributed by atoms with Crippen LogP contribution >= 0.6 is 15.9 Å². The molecule has 12 heavy (non-hydrogen) atoms. The van der Waals surface area contributed by atoms with Gasteiger partial charge in [0.05, 0.1) is 6.20 Å². The summed E-state index contributed by atoms with van der Waals surface area (Å²) in [5, 5.41) is 7.55. The minimum absolute atomic E-state index is 0.646. The Morgan fingerprint density at radius 2 is 2.58 bits per heavy atom. The zero-order valence-electron chi connectivity index (χ0n) is 7.05. The Hall–Kier alpha value is -0.350. The normalized spacial score (nSPS) is 23.3. The first kappa shape index (κ1) is 8.26. The number of hydrogen-bond donors (Lipinski definition) is 1. The lowest BCUT2D eigenvalue weighted by Gasteiger charge is -2.05. The van der Waals surface area contributed by atoms with Gasteiger partial charge in [-0.25, -0.2) is 0 Å². The minimum atomic E-state index is 0.646. The molecule has 1 N–H and O–H groups in total. The maximum absolute atomic E-state index is 4.20. The van der Waals surface area contributed by atoms with E-state index in [-0.39, 0.29) is 0 Å². The van der Waals surface area contributed by atoms with E-state index in [4.69, 9.17) is 0 Å². The Morgan fingerprint density at radius 3 is 3.08 bits per heavy atom. The van der Waals surface area contributed by atoms with Crippen LogP contribution in [0.5, 0.6) is 0 Å². The number of rotatable bonds is 1. The summed E-state index contributed by atoms with van der Waals surface area (Å²) >= 11 is 3.53. The summed E-state index contributed by atoms with van der Waals surface area (Å²) in [7, 11) is 1.95. The smallest absolute Gasteiger partial charge is 0.107 e. The molecule has 4 heteroatoms. The molecule has 0 spiro atoms. The van der Waals surface area contributed by atoms with Gasteiger partial charge in [0.15, 0.2) is 0 Å². The molecule has 1 atom stereocenters. The van der Waals surface area contributed by atoms with E-state index in [1.165, 1.54) is 12.0 Å². The standard InChI is InChI=1S/C8H12BrN3/c1-12-8(9)7(5-11-12)6-2-3-10-4-6/h5-6,10H,2-4H2,1H3. The Kier molecular flexibility index (Phi) is 2.19. The number of aromatic nitrogens is 2. The molecular weight excluding hydrogens is 218 g/mol. The lowest BCUT2D eigenvalue weighted by Crippen LogP contribution is -2.07. The molecule has 1 fully saturated rings. The summed E-state index contributed by atoms with van der Waals surface area (Å²) in [6.07, 6.45) is 3.19. The Bertz CT molecular complexity index is 276. The van der Waals surface area contributed by atoms with Crippen LogP contribution in [-0.4, -0.2) is 22.9 Å². The van der Waals surface area contributed by atoms with E-state index in [0.29, 0.717) is 5.92 Å². The summed E-state index contributed by atoms with van der Waals surface area (Å²) < 4.78 is 2.99. The molecule has 0 amide bonds. The van der Waals surface area contributed by atoms with Gasteiger partial charge >= 0.3 is 0 Å². The summed E-state index contributed by atoms with van der Waals surface area (Å²) in [4.78, 5) is 0.